The second-order valence-corrected chi connectivity index (χ2v) is 7.54. The van der Waals surface area contributed by atoms with Crippen LogP contribution in [0.25, 0.3) is 5.70 Å². The normalized spacial score (nSPS) is 17.9. The predicted octanol–water partition coefficient (Wildman–Crippen LogP) is 4.13. The fourth-order valence-electron chi connectivity index (χ4n) is 3.70. The van der Waals surface area contributed by atoms with Crippen LogP contribution in [0.15, 0.2) is 54.6 Å². The van der Waals surface area contributed by atoms with Crippen LogP contribution in [0.5, 0.6) is 5.75 Å². The van der Waals surface area contributed by atoms with E-state index in [-0.39, 0.29) is 0 Å². The second-order valence-electron chi connectivity index (χ2n) is 7.54. The Morgan fingerprint density at radius 2 is 1.97 bits per heavy atom. The average Bonchev–Trinajstić information content (AvgIpc) is 3.20. The molecule has 2 aliphatic heterocycles. The topological polar surface area (TPSA) is 72.1 Å². The van der Waals surface area contributed by atoms with Gasteiger partial charge in [-0.1, -0.05) is 31.2 Å². The van der Waals surface area contributed by atoms with Crippen molar-refractivity contribution in [3.05, 3.63) is 65.7 Å². The summed E-state index contributed by atoms with van der Waals surface area (Å²) in [6.45, 7) is 3.27. The number of nitrogens with one attached hydrogen (secondary N) is 2. The summed E-state index contributed by atoms with van der Waals surface area (Å²) in [5.74, 6) is 0.801. The molecule has 1 fully saturated rings. The average molecular weight is 409 g/mol. The molecule has 158 valence electrons. The van der Waals surface area contributed by atoms with E-state index < -0.39 is 11.7 Å². The van der Waals surface area contributed by atoms with E-state index in [2.05, 4.69) is 23.8 Å². The number of rotatable bonds is 5. The van der Waals surface area contributed by atoms with Gasteiger partial charge in [0.2, 0.25) is 0 Å². The number of hydrogen-bond acceptors (Lipinski definition) is 6. The van der Waals surface area contributed by atoms with Crippen molar-refractivity contribution in [1.29, 1.82) is 0 Å². The van der Waals surface area contributed by atoms with E-state index in [1.807, 2.05) is 48.5 Å². The molecule has 7 heteroatoms. The van der Waals surface area contributed by atoms with Gasteiger partial charge >= 0.3 is 6.09 Å². The van der Waals surface area contributed by atoms with Crippen molar-refractivity contribution < 1.29 is 19.2 Å². The predicted molar refractivity (Wildman–Crippen MR) is 115 cm³/mol. The first-order valence-electron chi connectivity index (χ1n) is 10.2. The van der Waals surface area contributed by atoms with Gasteiger partial charge in [0.05, 0.1) is 12.8 Å². The molecule has 2 aromatic carbocycles. The lowest BCUT2D eigenvalue weighted by molar-refractivity contribution is -0.153. The number of anilines is 1. The number of ether oxygens (including phenoxy) is 1. The van der Waals surface area contributed by atoms with Crippen LogP contribution in [0.3, 0.4) is 0 Å². The van der Waals surface area contributed by atoms with Gasteiger partial charge in [-0.15, -0.1) is 5.06 Å². The fourth-order valence-corrected chi connectivity index (χ4v) is 3.70. The zero-order valence-electron chi connectivity index (χ0n) is 17.3. The number of carbonyl (C=O) groups is 1. The minimum Gasteiger partial charge on any atom is -0.497 e. The molecular formula is C23H27N3O4. The number of methoxy groups -OCH3 is 1. The lowest BCUT2D eigenvalue weighted by Crippen LogP contribution is -2.45. The molecule has 2 N–H and O–H groups in total. The number of nitrogens with zero attached hydrogens (tertiary/aromatic N) is 1. The summed E-state index contributed by atoms with van der Waals surface area (Å²) < 4.78 is 5.30. The summed E-state index contributed by atoms with van der Waals surface area (Å²) in [7, 11) is 1.65. The Morgan fingerprint density at radius 3 is 2.67 bits per heavy atom. The van der Waals surface area contributed by atoms with Gasteiger partial charge < -0.3 is 9.57 Å². The van der Waals surface area contributed by atoms with Crippen molar-refractivity contribution in [2.75, 3.05) is 25.5 Å². The highest BCUT2D eigenvalue weighted by Crippen LogP contribution is 2.35. The molecular weight excluding hydrogens is 382 g/mol. The molecule has 0 radical (unpaired) electrons. The van der Waals surface area contributed by atoms with Crippen molar-refractivity contribution >= 4 is 17.5 Å². The third-order valence-corrected chi connectivity index (χ3v) is 5.54. The molecule has 0 saturated carbocycles. The highest BCUT2D eigenvalue weighted by atomic mass is 16.7. The maximum absolute atomic E-state index is 12.2. The number of benzene rings is 2. The molecule has 2 heterocycles. The molecule has 0 unspecified atom stereocenters. The Morgan fingerprint density at radius 1 is 1.20 bits per heavy atom. The van der Waals surface area contributed by atoms with Crippen molar-refractivity contribution in [1.82, 2.24) is 10.5 Å². The second kappa shape index (κ2) is 8.77. The Hall–Kier alpha value is -3.03. The third kappa shape index (κ3) is 4.58. The Bertz CT molecular complexity index is 918. The minimum absolute atomic E-state index is 0.398. The van der Waals surface area contributed by atoms with E-state index >= 15 is 0 Å². The van der Waals surface area contributed by atoms with E-state index in [0.717, 1.165) is 29.1 Å². The zero-order chi connectivity index (χ0) is 21.0. The Kier molecular flexibility index (Phi) is 5.92. The molecule has 1 saturated heterocycles. The number of carbonyl (C=O) groups excluding carboxylic acids is 1. The van der Waals surface area contributed by atoms with E-state index in [1.165, 1.54) is 5.56 Å². The SMILES string of the molecule is CCc1ccc(NC(=O)ON2CCC3(C=C(c4cccc(OC)c4)NO3)CC2)cc1. The van der Waals surface area contributed by atoms with Crippen LogP contribution in [0.2, 0.25) is 0 Å². The summed E-state index contributed by atoms with van der Waals surface area (Å²) in [6, 6.07) is 15.6. The van der Waals surface area contributed by atoms with Gasteiger partial charge in [-0.05, 0) is 55.2 Å². The lowest BCUT2D eigenvalue weighted by Gasteiger charge is -2.35. The van der Waals surface area contributed by atoms with E-state index in [4.69, 9.17) is 14.4 Å². The van der Waals surface area contributed by atoms with Gasteiger partial charge in [0, 0.05) is 24.3 Å². The molecule has 0 bridgehead atoms. The van der Waals surface area contributed by atoms with Gasteiger partial charge in [0.1, 0.15) is 11.4 Å². The van der Waals surface area contributed by atoms with E-state index in [1.54, 1.807) is 12.2 Å². The standard InChI is InChI=1S/C23H27N3O4/c1-3-17-7-9-19(10-8-17)24-22(27)29-26-13-11-23(12-14-26)16-21(25-30-23)18-5-4-6-20(15-18)28-2/h4-10,15-16,25H,3,11-14H2,1-2H3,(H,24,27). The maximum atomic E-state index is 12.2. The lowest BCUT2D eigenvalue weighted by atomic mass is 9.91. The zero-order valence-corrected chi connectivity index (χ0v) is 17.3. The third-order valence-electron chi connectivity index (χ3n) is 5.54. The van der Waals surface area contributed by atoms with Crippen LogP contribution in [0.4, 0.5) is 10.5 Å². The fraction of sp³-hybridized carbons (Fsp3) is 0.348. The van der Waals surface area contributed by atoms with Crippen LogP contribution in [-0.2, 0) is 16.1 Å². The molecule has 0 aromatic heterocycles. The molecule has 4 rings (SSSR count). The summed E-state index contributed by atoms with van der Waals surface area (Å²) in [5.41, 5.74) is 6.54. The van der Waals surface area contributed by atoms with Crippen LogP contribution in [-0.4, -0.2) is 37.0 Å². The summed E-state index contributed by atoms with van der Waals surface area (Å²) in [5, 5.41) is 4.45. The highest BCUT2D eigenvalue weighted by Gasteiger charge is 2.39. The number of piperidine rings is 1. The summed E-state index contributed by atoms with van der Waals surface area (Å²) >= 11 is 0. The smallest absolute Gasteiger partial charge is 0.430 e. The van der Waals surface area contributed by atoms with E-state index in [9.17, 15) is 4.79 Å². The van der Waals surface area contributed by atoms with Crippen molar-refractivity contribution in [2.24, 2.45) is 0 Å². The van der Waals surface area contributed by atoms with Crippen LogP contribution >= 0.6 is 0 Å². The van der Waals surface area contributed by atoms with Crippen molar-refractivity contribution in [3.8, 4) is 5.75 Å². The molecule has 0 atom stereocenters. The number of amides is 1. The minimum atomic E-state index is -0.478. The molecule has 2 aromatic rings. The molecule has 7 nitrogen and oxygen atoms in total. The van der Waals surface area contributed by atoms with Gasteiger partial charge in [-0.25, -0.2) is 4.79 Å². The first-order chi connectivity index (χ1) is 14.6. The first kappa shape index (κ1) is 20.3. The van der Waals surface area contributed by atoms with Gasteiger partial charge in [-0.3, -0.25) is 15.6 Å². The Balaban J connectivity index is 1.31. The number of hydrogen-bond donors (Lipinski definition) is 2. The van der Waals surface area contributed by atoms with E-state index in [0.29, 0.717) is 25.9 Å². The number of hydroxylamine groups is 3. The quantitative estimate of drug-likeness (QED) is 0.774. The maximum Gasteiger partial charge on any atom is 0.430 e. The summed E-state index contributed by atoms with van der Waals surface area (Å²) in [6.07, 6.45) is 4.03. The largest absolute Gasteiger partial charge is 0.497 e. The van der Waals surface area contributed by atoms with Crippen molar-refractivity contribution in [2.45, 2.75) is 31.8 Å². The molecule has 1 spiro atoms. The molecule has 0 aliphatic carbocycles. The van der Waals surface area contributed by atoms with Gasteiger partial charge in [0.15, 0.2) is 0 Å². The first-order valence-corrected chi connectivity index (χ1v) is 10.2. The van der Waals surface area contributed by atoms with Crippen LogP contribution in [0, 0.1) is 0 Å². The molecule has 2 aliphatic rings. The Labute approximate surface area is 176 Å². The van der Waals surface area contributed by atoms with Crippen LogP contribution in [0.1, 0.15) is 30.9 Å². The highest BCUT2D eigenvalue weighted by molar-refractivity contribution is 5.84. The van der Waals surface area contributed by atoms with Crippen LogP contribution < -0.4 is 15.5 Å². The molecule has 30 heavy (non-hydrogen) atoms. The molecule has 1 amide bonds. The van der Waals surface area contributed by atoms with Gasteiger partial charge in [-0.2, -0.15) is 0 Å². The number of aryl methyl sites for hydroxylation is 1. The van der Waals surface area contributed by atoms with Gasteiger partial charge in [0.25, 0.3) is 0 Å². The summed E-state index contributed by atoms with van der Waals surface area (Å²) in [4.78, 5) is 23.6. The van der Waals surface area contributed by atoms with Crippen molar-refractivity contribution in [3.63, 3.8) is 0 Å². The monoisotopic (exact) mass is 409 g/mol.